The monoisotopic (exact) mass is 765 g/mol. The van der Waals surface area contributed by atoms with Crippen molar-refractivity contribution in [2.45, 2.75) is 0 Å². The summed E-state index contributed by atoms with van der Waals surface area (Å²) in [6, 6.07) is 84.7. The molecule has 2 heteroatoms. The first-order valence-electron chi connectivity index (χ1n) is 20.5. The van der Waals surface area contributed by atoms with Gasteiger partial charge in [0, 0.05) is 28.1 Å². The quantitative estimate of drug-likeness (QED) is 0.160. The average Bonchev–Trinajstić information content (AvgIpc) is 3.46. The molecule has 0 radical (unpaired) electrons. The molecule has 0 saturated heterocycles. The third kappa shape index (κ3) is 6.41. The van der Waals surface area contributed by atoms with Gasteiger partial charge in [0.1, 0.15) is 11.5 Å². The van der Waals surface area contributed by atoms with Crippen LogP contribution in [0.15, 0.2) is 237 Å². The van der Waals surface area contributed by atoms with Crippen LogP contribution in [0.4, 0.5) is 17.1 Å². The summed E-state index contributed by atoms with van der Waals surface area (Å²) in [5.74, 6) is 1.66. The molecule has 1 aliphatic rings. The topological polar surface area (TPSA) is 12.5 Å². The number of hydrogen-bond donors (Lipinski definition) is 0. The van der Waals surface area contributed by atoms with Gasteiger partial charge in [-0.15, -0.1) is 0 Å². The van der Waals surface area contributed by atoms with Gasteiger partial charge in [0.25, 0.3) is 0 Å². The molecule has 0 amide bonds. The van der Waals surface area contributed by atoms with E-state index in [-0.39, 0.29) is 0 Å². The Morgan fingerprint density at radius 1 is 0.267 bits per heavy atom. The van der Waals surface area contributed by atoms with E-state index in [1.54, 1.807) is 0 Å². The number of fused-ring (bicyclic) bond motifs is 6. The van der Waals surface area contributed by atoms with Crippen molar-refractivity contribution in [1.29, 1.82) is 0 Å². The molecule has 0 aliphatic carbocycles. The van der Waals surface area contributed by atoms with Gasteiger partial charge in [-0.05, 0) is 109 Å². The van der Waals surface area contributed by atoms with Gasteiger partial charge in [0.05, 0.1) is 5.69 Å². The van der Waals surface area contributed by atoms with Crippen LogP contribution in [0.5, 0.6) is 11.5 Å². The van der Waals surface area contributed by atoms with E-state index in [0.717, 1.165) is 72.9 Å². The maximum absolute atomic E-state index is 7.12. The predicted octanol–water partition coefficient (Wildman–Crippen LogP) is 16.4. The lowest BCUT2D eigenvalue weighted by molar-refractivity contribution is 0.488. The molecule has 11 rings (SSSR count). The minimum Gasteiger partial charge on any atom is -0.456 e. The molecule has 1 heterocycles. The summed E-state index contributed by atoms with van der Waals surface area (Å²) in [6.07, 6.45) is 0. The molecular weight excluding hydrogens is 727 g/mol. The zero-order valence-electron chi connectivity index (χ0n) is 32.9. The van der Waals surface area contributed by atoms with E-state index >= 15 is 0 Å². The number of ether oxygens (including phenoxy) is 1. The molecule has 0 saturated carbocycles. The Kier molecular flexibility index (Phi) is 8.87. The van der Waals surface area contributed by atoms with Crippen LogP contribution in [0.1, 0.15) is 0 Å². The summed E-state index contributed by atoms with van der Waals surface area (Å²) in [5.41, 5.74) is 17.0. The number of para-hydroxylation sites is 1. The van der Waals surface area contributed by atoms with Crippen molar-refractivity contribution >= 4 is 27.8 Å². The molecule has 0 fully saturated rings. The number of benzene rings is 10. The van der Waals surface area contributed by atoms with E-state index in [4.69, 9.17) is 4.74 Å². The first kappa shape index (κ1) is 35.2. The fourth-order valence-electron chi connectivity index (χ4n) is 8.74. The van der Waals surface area contributed by atoms with E-state index in [2.05, 4.69) is 241 Å². The van der Waals surface area contributed by atoms with Crippen LogP contribution in [0.25, 0.3) is 77.5 Å². The van der Waals surface area contributed by atoms with Crippen molar-refractivity contribution in [1.82, 2.24) is 0 Å². The van der Waals surface area contributed by atoms with Crippen molar-refractivity contribution in [2.24, 2.45) is 0 Å². The molecule has 0 aromatic heterocycles. The lowest BCUT2D eigenvalue weighted by atomic mass is 9.86. The molecule has 1 aliphatic heterocycles. The molecule has 2 nitrogen and oxygen atoms in total. The highest BCUT2D eigenvalue weighted by Crippen LogP contribution is 2.55. The van der Waals surface area contributed by atoms with Gasteiger partial charge < -0.3 is 9.64 Å². The van der Waals surface area contributed by atoms with E-state index in [9.17, 15) is 0 Å². The minimum atomic E-state index is 0.815. The van der Waals surface area contributed by atoms with Crippen LogP contribution < -0.4 is 9.64 Å². The second kappa shape index (κ2) is 15.1. The number of hydrogen-bond acceptors (Lipinski definition) is 2. The average molecular weight is 766 g/mol. The summed E-state index contributed by atoms with van der Waals surface area (Å²) in [7, 11) is 0. The second-order valence-electron chi connectivity index (χ2n) is 15.3. The third-order valence-electron chi connectivity index (χ3n) is 11.7. The minimum absolute atomic E-state index is 0.815. The second-order valence-corrected chi connectivity index (χ2v) is 15.3. The molecule has 0 bridgehead atoms. The van der Waals surface area contributed by atoms with Crippen molar-refractivity contribution < 1.29 is 4.74 Å². The Labute approximate surface area is 350 Å². The van der Waals surface area contributed by atoms with Crippen LogP contribution in [-0.4, -0.2) is 0 Å². The first-order valence-corrected chi connectivity index (χ1v) is 20.5. The van der Waals surface area contributed by atoms with Crippen LogP contribution >= 0.6 is 0 Å². The summed E-state index contributed by atoms with van der Waals surface area (Å²) in [4.78, 5) is 2.36. The highest BCUT2D eigenvalue weighted by Gasteiger charge is 2.29. The third-order valence-corrected chi connectivity index (χ3v) is 11.7. The highest BCUT2D eigenvalue weighted by molar-refractivity contribution is 6.06. The van der Waals surface area contributed by atoms with Crippen LogP contribution in [0, 0.1) is 0 Å². The largest absolute Gasteiger partial charge is 0.456 e. The maximum Gasteiger partial charge on any atom is 0.137 e. The molecule has 0 unspecified atom stereocenters. The zero-order chi connectivity index (χ0) is 39.8. The normalized spacial score (nSPS) is 11.5. The van der Waals surface area contributed by atoms with Crippen molar-refractivity contribution in [3.05, 3.63) is 237 Å². The summed E-state index contributed by atoms with van der Waals surface area (Å²) in [5, 5.41) is 2.31. The molecule has 60 heavy (non-hydrogen) atoms. The fraction of sp³-hybridized carbons (Fsp3) is 0. The SMILES string of the molecule is c1ccc(-c2ccc(-c3ccc(N(c4ccccc4)c4cccc5c4-c4cccc(-c6ccc(-c7ccccc7)cc6)c4-c4cc6ccccc6cc4O5)cc3)cc2)cc1. The molecule has 0 atom stereocenters. The van der Waals surface area contributed by atoms with Gasteiger partial charge in [-0.3, -0.25) is 0 Å². The maximum atomic E-state index is 7.12. The predicted molar refractivity (Wildman–Crippen MR) is 251 cm³/mol. The van der Waals surface area contributed by atoms with Gasteiger partial charge >= 0.3 is 0 Å². The van der Waals surface area contributed by atoms with E-state index in [0.29, 0.717) is 0 Å². The Balaban J connectivity index is 1.08. The molecule has 0 N–H and O–H groups in total. The van der Waals surface area contributed by atoms with Crippen LogP contribution in [-0.2, 0) is 0 Å². The number of rotatable bonds is 7. The van der Waals surface area contributed by atoms with Gasteiger partial charge in [-0.1, -0.05) is 188 Å². The molecule has 10 aromatic carbocycles. The zero-order valence-corrected chi connectivity index (χ0v) is 32.9. The highest BCUT2D eigenvalue weighted by atomic mass is 16.5. The Morgan fingerprint density at radius 3 is 1.32 bits per heavy atom. The van der Waals surface area contributed by atoms with Gasteiger partial charge in [0.15, 0.2) is 0 Å². The van der Waals surface area contributed by atoms with Crippen LogP contribution in [0.2, 0.25) is 0 Å². The summed E-state index contributed by atoms with van der Waals surface area (Å²) in [6.45, 7) is 0. The Hall–Kier alpha value is -7.94. The molecule has 0 spiro atoms. The molecule has 282 valence electrons. The van der Waals surface area contributed by atoms with Crippen molar-refractivity contribution in [3.8, 4) is 78.3 Å². The fourth-order valence-corrected chi connectivity index (χ4v) is 8.74. The van der Waals surface area contributed by atoms with Crippen molar-refractivity contribution in [2.75, 3.05) is 4.90 Å². The van der Waals surface area contributed by atoms with E-state index in [1.165, 1.54) is 33.2 Å². The van der Waals surface area contributed by atoms with Gasteiger partial charge in [-0.25, -0.2) is 0 Å². The number of nitrogens with zero attached hydrogens (tertiary/aromatic N) is 1. The summed E-state index contributed by atoms with van der Waals surface area (Å²) < 4.78 is 7.12. The van der Waals surface area contributed by atoms with Gasteiger partial charge in [-0.2, -0.15) is 0 Å². The van der Waals surface area contributed by atoms with Crippen LogP contribution in [0.3, 0.4) is 0 Å². The summed E-state index contributed by atoms with van der Waals surface area (Å²) >= 11 is 0. The van der Waals surface area contributed by atoms with E-state index < -0.39 is 0 Å². The Bertz CT molecular complexity index is 3120. The molecule has 10 aromatic rings. The Morgan fingerprint density at radius 2 is 0.717 bits per heavy atom. The van der Waals surface area contributed by atoms with Gasteiger partial charge in [0.2, 0.25) is 0 Å². The first-order chi connectivity index (χ1) is 29.7. The smallest absolute Gasteiger partial charge is 0.137 e. The van der Waals surface area contributed by atoms with Crippen molar-refractivity contribution in [3.63, 3.8) is 0 Å². The van der Waals surface area contributed by atoms with E-state index in [1.807, 2.05) is 0 Å². The lowest BCUT2D eigenvalue weighted by Crippen LogP contribution is -2.11. The number of anilines is 3. The standard InChI is InChI=1S/C58H39NO/c1-4-14-40(15-5-1)42-26-28-44(29-27-42)45-34-36-50(37-35-45)59(49-20-8-3-9-21-49)54-24-13-25-55-58(54)52-23-12-22-51(46-32-30-43(31-33-46)41-16-6-2-7-17-41)57(52)53-38-47-18-10-11-19-48(47)39-56(53)60-55/h1-39H. The molecular formula is C58H39NO. The lowest BCUT2D eigenvalue weighted by Gasteiger charge is -2.29.